The van der Waals surface area contributed by atoms with E-state index in [-0.39, 0.29) is 24.2 Å². The molecule has 1 N–H and O–H groups in total. The molecule has 1 aliphatic rings. The van der Waals surface area contributed by atoms with E-state index in [9.17, 15) is 14.0 Å². The highest BCUT2D eigenvalue weighted by molar-refractivity contribution is 5.85. The van der Waals surface area contributed by atoms with Crippen molar-refractivity contribution >= 4 is 11.9 Å². The molecule has 1 aromatic carbocycles. The minimum Gasteiger partial charge on any atom is -0.467 e. The van der Waals surface area contributed by atoms with E-state index in [2.05, 4.69) is 10.2 Å². The lowest BCUT2D eigenvalue weighted by molar-refractivity contribution is -0.145. The second kappa shape index (κ2) is 10.4. The molecule has 2 rings (SSSR count). The maximum atomic E-state index is 13.3. The van der Waals surface area contributed by atoms with Crippen LogP contribution in [-0.2, 0) is 20.7 Å². The van der Waals surface area contributed by atoms with E-state index in [1.54, 1.807) is 12.1 Å². The first-order valence-electron chi connectivity index (χ1n) is 9.71. The van der Waals surface area contributed by atoms with Crippen LogP contribution in [0.5, 0.6) is 0 Å². The molecule has 1 aliphatic heterocycles. The molecule has 0 aromatic heterocycles. The quantitative estimate of drug-likeness (QED) is 0.707. The van der Waals surface area contributed by atoms with Crippen molar-refractivity contribution in [2.75, 3.05) is 26.7 Å². The molecule has 1 fully saturated rings. The van der Waals surface area contributed by atoms with Crippen molar-refractivity contribution in [3.63, 3.8) is 0 Å². The van der Waals surface area contributed by atoms with Crippen molar-refractivity contribution in [2.24, 2.45) is 11.8 Å². The molecule has 1 heterocycles. The summed E-state index contributed by atoms with van der Waals surface area (Å²) in [7, 11) is 1.34. The van der Waals surface area contributed by atoms with Gasteiger partial charge in [-0.2, -0.15) is 0 Å². The SMILES string of the molecule is COC(=O)C(CC(C)C)NC(=O)CN1CCC(Cc2cccc(F)c2)CC1. The lowest BCUT2D eigenvalue weighted by atomic mass is 9.90. The van der Waals surface area contributed by atoms with Gasteiger partial charge in [-0.25, -0.2) is 9.18 Å². The number of carbonyl (C=O) groups excluding carboxylic acids is 2. The number of rotatable bonds is 8. The summed E-state index contributed by atoms with van der Waals surface area (Å²) >= 11 is 0. The smallest absolute Gasteiger partial charge is 0.328 e. The van der Waals surface area contributed by atoms with Crippen LogP contribution in [0.1, 0.15) is 38.7 Å². The summed E-state index contributed by atoms with van der Waals surface area (Å²) < 4.78 is 18.1. The second-order valence-corrected chi connectivity index (χ2v) is 7.83. The van der Waals surface area contributed by atoms with E-state index in [4.69, 9.17) is 4.74 Å². The number of hydrogen-bond acceptors (Lipinski definition) is 4. The third kappa shape index (κ3) is 7.29. The predicted molar refractivity (Wildman–Crippen MR) is 103 cm³/mol. The Morgan fingerprint density at radius 1 is 1.30 bits per heavy atom. The number of amides is 1. The zero-order valence-electron chi connectivity index (χ0n) is 16.5. The van der Waals surface area contributed by atoms with Gasteiger partial charge in [0.05, 0.1) is 13.7 Å². The molecule has 1 atom stereocenters. The van der Waals surface area contributed by atoms with Gasteiger partial charge in [0, 0.05) is 0 Å². The predicted octanol–water partition coefficient (Wildman–Crippen LogP) is 2.78. The summed E-state index contributed by atoms with van der Waals surface area (Å²) in [6, 6.07) is 6.18. The number of ether oxygens (including phenoxy) is 1. The number of esters is 1. The zero-order valence-corrected chi connectivity index (χ0v) is 16.5. The van der Waals surface area contributed by atoms with Gasteiger partial charge in [0.2, 0.25) is 5.91 Å². The highest BCUT2D eigenvalue weighted by Gasteiger charge is 2.25. The monoisotopic (exact) mass is 378 g/mol. The van der Waals surface area contributed by atoms with E-state index in [0.29, 0.717) is 12.3 Å². The molecule has 1 aromatic rings. The van der Waals surface area contributed by atoms with Crippen molar-refractivity contribution in [1.29, 1.82) is 0 Å². The standard InChI is InChI=1S/C21H31FN2O3/c1-15(2)11-19(21(26)27-3)23-20(25)14-24-9-7-16(8-10-24)12-17-5-4-6-18(22)13-17/h4-6,13,15-16,19H,7-12,14H2,1-3H3,(H,23,25). The Morgan fingerprint density at radius 3 is 2.59 bits per heavy atom. The van der Waals surface area contributed by atoms with Crippen LogP contribution in [0, 0.1) is 17.7 Å². The third-order valence-corrected chi connectivity index (χ3v) is 5.02. The number of nitrogens with zero attached hydrogens (tertiary/aromatic N) is 1. The molecule has 6 heteroatoms. The van der Waals surface area contributed by atoms with Crippen molar-refractivity contribution in [2.45, 2.75) is 45.6 Å². The fourth-order valence-corrected chi connectivity index (χ4v) is 3.62. The first-order valence-corrected chi connectivity index (χ1v) is 9.71. The third-order valence-electron chi connectivity index (χ3n) is 5.02. The van der Waals surface area contributed by atoms with Crippen LogP contribution in [0.4, 0.5) is 4.39 Å². The molecule has 1 amide bonds. The Kier molecular flexibility index (Phi) is 8.23. The van der Waals surface area contributed by atoms with Gasteiger partial charge in [-0.3, -0.25) is 9.69 Å². The lowest BCUT2D eigenvalue weighted by Crippen LogP contribution is -2.48. The Labute approximate surface area is 161 Å². The number of piperidine rings is 1. The number of hydrogen-bond donors (Lipinski definition) is 1. The van der Waals surface area contributed by atoms with Crippen molar-refractivity contribution in [1.82, 2.24) is 10.2 Å². The Hall–Kier alpha value is -1.95. The van der Waals surface area contributed by atoms with E-state index >= 15 is 0 Å². The van der Waals surface area contributed by atoms with Gasteiger partial charge in [-0.1, -0.05) is 26.0 Å². The van der Waals surface area contributed by atoms with Gasteiger partial charge in [0.15, 0.2) is 0 Å². The molecule has 0 bridgehead atoms. The molecule has 150 valence electrons. The topological polar surface area (TPSA) is 58.6 Å². The van der Waals surface area contributed by atoms with Crippen molar-refractivity contribution < 1.29 is 18.7 Å². The summed E-state index contributed by atoms with van der Waals surface area (Å²) in [5, 5.41) is 2.81. The van der Waals surface area contributed by atoms with E-state index in [1.807, 2.05) is 19.9 Å². The Balaban J connectivity index is 1.77. The first-order chi connectivity index (χ1) is 12.9. The minimum atomic E-state index is -0.590. The maximum Gasteiger partial charge on any atom is 0.328 e. The molecule has 0 radical (unpaired) electrons. The Bertz CT molecular complexity index is 628. The van der Waals surface area contributed by atoms with Crippen molar-refractivity contribution in [3.8, 4) is 0 Å². The molecule has 0 aliphatic carbocycles. The largest absolute Gasteiger partial charge is 0.467 e. The normalized spacial score (nSPS) is 16.9. The summed E-state index contributed by atoms with van der Waals surface area (Å²) in [6.45, 7) is 5.97. The van der Waals surface area contributed by atoms with Crippen LogP contribution < -0.4 is 5.32 Å². The average molecular weight is 378 g/mol. The molecule has 1 saturated heterocycles. The van der Waals surface area contributed by atoms with Crippen LogP contribution in [0.15, 0.2) is 24.3 Å². The second-order valence-electron chi connectivity index (χ2n) is 7.83. The van der Waals surface area contributed by atoms with Crippen LogP contribution in [0.25, 0.3) is 0 Å². The van der Waals surface area contributed by atoms with Crippen LogP contribution in [-0.4, -0.2) is 49.6 Å². The summed E-state index contributed by atoms with van der Waals surface area (Å²) in [6.07, 6.45) is 3.40. The van der Waals surface area contributed by atoms with Gasteiger partial charge >= 0.3 is 5.97 Å². The van der Waals surface area contributed by atoms with Gasteiger partial charge in [0.1, 0.15) is 11.9 Å². The fourth-order valence-electron chi connectivity index (χ4n) is 3.62. The summed E-state index contributed by atoms with van der Waals surface area (Å²) in [5.41, 5.74) is 1.03. The van der Waals surface area contributed by atoms with Crippen LogP contribution in [0.2, 0.25) is 0 Å². The highest BCUT2D eigenvalue weighted by Crippen LogP contribution is 2.22. The van der Waals surface area contributed by atoms with E-state index in [1.165, 1.54) is 13.2 Å². The minimum absolute atomic E-state index is 0.144. The number of halogens is 1. The molecular formula is C21H31FN2O3. The van der Waals surface area contributed by atoms with E-state index in [0.717, 1.165) is 37.9 Å². The first kappa shape index (κ1) is 21.4. The number of likely N-dealkylation sites (tertiary alicyclic amines) is 1. The lowest BCUT2D eigenvalue weighted by Gasteiger charge is -2.32. The maximum absolute atomic E-state index is 13.3. The van der Waals surface area contributed by atoms with Gasteiger partial charge in [0.25, 0.3) is 0 Å². The van der Waals surface area contributed by atoms with Crippen molar-refractivity contribution in [3.05, 3.63) is 35.6 Å². The number of benzene rings is 1. The fraction of sp³-hybridized carbons (Fsp3) is 0.619. The average Bonchev–Trinajstić information content (AvgIpc) is 2.62. The zero-order chi connectivity index (χ0) is 19.8. The van der Waals surface area contributed by atoms with Crippen LogP contribution in [0.3, 0.4) is 0 Å². The Morgan fingerprint density at radius 2 is 2.00 bits per heavy atom. The molecule has 0 spiro atoms. The number of nitrogens with one attached hydrogen (secondary N) is 1. The molecule has 1 unspecified atom stereocenters. The number of carbonyl (C=O) groups is 2. The van der Waals surface area contributed by atoms with Crippen LogP contribution >= 0.6 is 0 Å². The molecule has 0 saturated carbocycles. The number of methoxy groups -OCH3 is 1. The van der Waals surface area contributed by atoms with Gasteiger partial charge < -0.3 is 10.1 Å². The van der Waals surface area contributed by atoms with Gasteiger partial charge in [-0.05, 0) is 68.3 Å². The van der Waals surface area contributed by atoms with E-state index < -0.39 is 12.0 Å². The summed E-state index contributed by atoms with van der Waals surface area (Å²) in [5.74, 6) is 0.0616. The molecule has 5 nitrogen and oxygen atoms in total. The summed E-state index contributed by atoms with van der Waals surface area (Å²) in [4.78, 5) is 26.3. The molecule has 27 heavy (non-hydrogen) atoms. The molecular weight excluding hydrogens is 347 g/mol. The highest BCUT2D eigenvalue weighted by atomic mass is 19.1. The van der Waals surface area contributed by atoms with Gasteiger partial charge in [-0.15, -0.1) is 0 Å².